The van der Waals surface area contributed by atoms with Crippen LogP contribution in [-0.2, 0) is 32.1 Å². The predicted octanol–water partition coefficient (Wildman–Crippen LogP) is -4.09. The summed E-state index contributed by atoms with van der Waals surface area (Å²) in [6.07, 6.45) is 0. The van der Waals surface area contributed by atoms with E-state index in [-0.39, 0.29) is 42.9 Å². The molecule has 0 aliphatic heterocycles. The quantitative estimate of drug-likeness (QED) is 0.131. The van der Waals surface area contributed by atoms with Gasteiger partial charge in [-0.3, -0.25) is 4.57 Å². The zero-order valence-electron chi connectivity index (χ0n) is 11.1. The van der Waals surface area contributed by atoms with E-state index in [4.69, 9.17) is 35.1 Å². The maximum Gasteiger partial charge on any atom is 1.00 e. The maximum atomic E-state index is 10.2. The van der Waals surface area contributed by atoms with E-state index in [1.807, 2.05) is 0 Å². The number of carboxylic acid groups (broad SMARTS) is 2. The molecular weight excluding hydrogens is 397 g/mol. The molecule has 0 fully saturated rings. The molecule has 0 spiro atoms. The van der Waals surface area contributed by atoms with Crippen LogP contribution in [0.25, 0.3) is 0 Å². The van der Waals surface area contributed by atoms with Gasteiger partial charge in [0.1, 0.15) is 0 Å². The third-order valence-electron chi connectivity index (χ3n) is 0.658. The smallest absolute Gasteiger partial charge is 0.753 e. The summed E-state index contributed by atoms with van der Waals surface area (Å²) in [7, 11) is -5.39. The standard InChI is InChI=1S/2C3HNO4S.FH2O3P.Li/c2*4-1-9-8-3(7)2(5)6;1-5(2,3)4;/h2*(H,5,6);(H2,2,3,4);/q;;;+1/p-1. The topological polar surface area (TPSA) is 235 Å². The summed E-state index contributed by atoms with van der Waals surface area (Å²) in [5.74, 6) is -6.31. The Kier molecular flexibility index (Phi) is 22.1. The van der Waals surface area contributed by atoms with Gasteiger partial charge in [-0.1, -0.05) is 0 Å². The monoisotopic (exact) mass is 400 g/mol. The molecular formula is C6H3FLiN2O11PS2. The van der Waals surface area contributed by atoms with Crippen molar-refractivity contribution >= 4 is 55.9 Å². The average Bonchev–Trinajstić information content (AvgIpc) is 2.40. The van der Waals surface area contributed by atoms with E-state index < -0.39 is 31.8 Å². The Balaban J connectivity index is -0.000000128. The number of hydrogen-bond acceptors (Lipinski definition) is 12. The van der Waals surface area contributed by atoms with Crippen LogP contribution in [0.15, 0.2) is 0 Å². The Morgan fingerprint density at radius 3 is 1.33 bits per heavy atom. The maximum absolute atomic E-state index is 10.2. The number of carbonyl (C=O) groups is 4. The van der Waals surface area contributed by atoms with Gasteiger partial charge in [0.15, 0.2) is 34.9 Å². The summed E-state index contributed by atoms with van der Waals surface area (Å²) in [5.41, 5.74) is 0. The fourth-order valence-corrected chi connectivity index (χ4v) is 0.553. The van der Waals surface area contributed by atoms with Gasteiger partial charge >= 0.3 is 50.6 Å². The zero-order chi connectivity index (χ0) is 19.1. The number of aliphatic carboxylic acids is 2. The van der Waals surface area contributed by atoms with Crippen molar-refractivity contribution in [1.82, 2.24) is 0 Å². The minimum Gasteiger partial charge on any atom is -0.753 e. The van der Waals surface area contributed by atoms with Crippen molar-refractivity contribution in [2.75, 3.05) is 0 Å². The third kappa shape index (κ3) is 36.9. The van der Waals surface area contributed by atoms with Crippen LogP contribution in [-0.4, -0.2) is 39.0 Å². The number of nitrogens with zero attached hydrogens (tertiary/aromatic N) is 2. The molecule has 1 atom stereocenters. The normalized spacial score (nSPS) is 10.0. The minimum atomic E-state index is -5.39. The Labute approximate surface area is 152 Å². The van der Waals surface area contributed by atoms with Gasteiger partial charge in [-0.05, 0) is 0 Å². The van der Waals surface area contributed by atoms with Gasteiger partial charge in [-0.2, -0.15) is 14.7 Å². The number of carbonyl (C=O) groups excluding carboxylic acids is 2. The molecule has 0 aromatic carbocycles. The van der Waals surface area contributed by atoms with Crippen LogP contribution in [0.2, 0.25) is 0 Å². The molecule has 0 amide bonds. The number of thiocyanates is 2. The minimum absolute atomic E-state index is 0. The Bertz CT molecular complexity index is 522. The fraction of sp³-hybridized carbons (Fsp3) is 0. The summed E-state index contributed by atoms with van der Waals surface area (Å²) >= 11 is 0.239. The first-order valence-electron chi connectivity index (χ1n) is 4.09. The molecule has 18 heteroatoms. The van der Waals surface area contributed by atoms with Crippen LogP contribution in [0.5, 0.6) is 0 Å². The number of halogens is 1. The van der Waals surface area contributed by atoms with E-state index in [0.717, 1.165) is 0 Å². The molecule has 1 unspecified atom stereocenters. The molecule has 24 heavy (non-hydrogen) atoms. The average molecular weight is 400 g/mol. The van der Waals surface area contributed by atoms with Crippen LogP contribution in [0.1, 0.15) is 0 Å². The van der Waals surface area contributed by atoms with Crippen LogP contribution < -0.4 is 23.8 Å². The molecule has 0 aromatic rings. The van der Waals surface area contributed by atoms with Crippen molar-refractivity contribution in [2.45, 2.75) is 0 Å². The zero-order valence-corrected chi connectivity index (χ0v) is 13.7. The van der Waals surface area contributed by atoms with Gasteiger partial charge in [0.2, 0.25) is 0 Å². The molecule has 0 radical (unpaired) electrons. The molecule has 0 aliphatic carbocycles. The molecule has 0 bridgehead atoms. The van der Waals surface area contributed by atoms with Crippen molar-refractivity contribution in [3.63, 3.8) is 0 Å². The molecule has 0 rings (SSSR count). The summed E-state index contributed by atoms with van der Waals surface area (Å²) in [6.45, 7) is 0. The van der Waals surface area contributed by atoms with E-state index in [2.05, 4.69) is 8.37 Å². The summed E-state index contributed by atoms with van der Waals surface area (Å²) in [4.78, 5) is 54.4. The third-order valence-corrected chi connectivity index (χ3v) is 1.28. The summed E-state index contributed by atoms with van der Waals surface area (Å²) in [5, 5.41) is 33.8. The number of nitriles is 2. The fourth-order valence-electron chi connectivity index (χ4n) is 0.184. The van der Waals surface area contributed by atoms with Gasteiger partial charge in [-0.25, -0.2) is 19.2 Å². The van der Waals surface area contributed by atoms with E-state index >= 15 is 0 Å². The van der Waals surface area contributed by atoms with Crippen LogP contribution >= 0.6 is 32.0 Å². The van der Waals surface area contributed by atoms with E-state index in [9.17, 15) is 23.4 Å². The van der Waals surface area contributed by atoms with E-state index in [0.29, 0.717) is 0 Å². The van der Waals surface area contributed by atoms with Crippen molar-refractivity contribution in [3.8, 4) is 10.8 Å². The first kappa shape index (κ1) is 30.2. The van der Waals surface area contributed by atoms with Crippen molar-refractivity contribution in [1.29, 1.82) is 10.5 Å². The van der Waals surface area contributed by atoms with Gasteiger partial charge in [-0.15, -0.1) is 0 Å². The number of hydrogen-bond donors (Lipinski definition) is 3. The predicted molar refractivity (Wildman–Crippen MR) is 64.8 cm³/mol. The van der Waals surface area contributed by atoms with Crippen LogP contribution in [0.4, 0.5) is 4.20 Å². The molecule has 0 saturated carbocycles. The van der Waals surface area contributed by atoms with Crippen molar-refractivity contribution < 1.29 is 75.2 Å². The van der Waals surface area contributed by atoms with Gasteiger partial charge in [0, 0.05) is 0 Å². The van der Waals surface area contributed by atoms with Crippen LogP contribution in [0, 0.1) is 21.3 Å². The molecule has 13 nitrogen and oxygen atoms in total. The number of rotatable bonds is 2. The second kappa shape index (κ2) is 17.6. The van der Waals surface area contributed by atoms with Crippen LogP contribution in [0.3, 0.4) is 0 Å². The molecule has 0 aromatic heterocycles. The van der Waals surface area contributed by atoms with Gasteiger partial charge in [0.05, 0.1) is 0 Å². The van der Waals surface area contributed by atoms with Crippen molar-refractivity contribution in [3.05, 3.63) is 0 Å². The first-order valence-corrected chi connectivity index (χ1v) is 7.05. The van der Waals surface area contributed by atoms with Gasteiger partial charge in [0.25, 0.3) is 0 Å². The molecule has 0 saturated heterocycles. The Morgan fingerprint density at radius 1 is 1.00 bits per heavy atom. The molecule has 0 aliphatic rings. The summed E-state index contributed by atoms with van der Waals surface area (Å²) < 4.78 is 26.3. The van der Waals surface area contributed by atoms with E-state index in [1.165, 1.54) is 10.8 Å². The second-order valence-corrected chi connectivity index (χ2v) is 4.09. The first-order chi connectivity index (χ1) is 10.4. The van der Waals surface area contributed by atoms with Gasteiger partial charge < -0.3 is 28.4 Å². The Morgan fingerprint density at radius 2 is 1.21 bits per heavy atom. The molecule has 0 heterocycles. The molecule has 3 N–H and O–H groups in total. The largest absolute Gasteiger partial charge is 1.00 e. The second-order valence-electron chi connectivity index (χ2n) is 2.15. The number of carboxylic acids is 2. The van der Waals surface area contributed by atoms with E-state index in [1.54, 1.807) is 0 Å². The Hall–Kier alpha value is -1.76. The molecule has 128 valence electrons. The van der Waals surface area contributed by atoms with Crippen molar-refractivity contribution in [2.24, 2.45) is 0 Å². The summed E-state index contributed by atoms with van der Waals surface area (Å²) in [6, 6.07) is 0. The SMILES string of the molecule is N#CSOC(=O)C(=O)O.N#CSOC(=O)C(=O)O.O=P([O-])(O)F.[Li+].